The van der Waals surface area contributed by atoms with Crippen LogP contribution in [0.3, 0.4) is 0 Å². The summed E-state index contributed by atoms with van der Waals surface area (Å²) in [6.45, 7) is 1.70. The van der Waals surface area contributed by atoms with Gasteiger partial charge in [0.05, 0.1) is 18.8 Å². The molecular weight excluding hydrogens is 312 g/mol. The van der Waals surface area contributed by atoms with Crippen LogP contribution >= 0.6 is 15.9 Å². The summed E-state index contributed by atoms with van der Waals surface area (Å²) < 4.78 is 0.805. The van der Waals surface area contributed by atoms with E-state index in [0.717, 1.165) is 20.6 Å². The molecular formula is C13H13BrN2O3. The molecule has 2 amide bonds. The number of carbonyl (C=O) groups excluding carboxylic acids is 2. The average molecular weight is 325 g/mol. The predicted octanol–water partition coefficient (Wildman–Crippen LogP) is 1.41. The highest BCUT2D eigenvalue weighted by Crippen LogP contribution is 2.26. The molecule has 1 aliphatic rings. The Morgan fingerprint density at radius 3 is 2.79 bits per heavy atom. The Hall–Kier alpha value is -1.66. The van der Waals surface area contributed by atoms with Crippen molar-refractivity contribution in [1.82, 2.24) is 4.90 Å². The molecule has 0 spiro atoms. The van der Waals surface area contributed by atoms with Gasteiger partial charge in [-0.15, -0.1) is 0 Å². The van der Waals surface area contributed by atoms with E-state index in [1.165, 1.54) is 6.08 Å². The number of carbonyl (C=O) groups is 2. The number of rotatable bonds is 4. The first-order valence-corrected chi connectivity index (χ1v) is 6.54. The van der Waals surface area contributed by atoms with Crippen LogP contribution in [0.5, 0.6) is 0 Å². The van der Waals surface area contributed by atoms with Crippen molar-refractivity contribution in [2.75, 3.05) is 18.5 Å². The normalized spacial score (nSPS) is 14.9. The monoisotopic (exact) mass is 324 g/mol. The van der Waals surface area contributed by atoms with Gasteiger partial charge in [-0.1, -0.05) is 6.07 Å². The number of aryl methyl sites for hydroxylation is 1. The first kappa shape index (κ1) is 13.8. The number of β-amino-alcohol motifs (C(OH)–C–C–N with tert-alkyl or cyclic N) is 1. The number of imide groups is 1. The molecule has 0 saturated carbocycles. The molecule has 0 unspecified atom stereocenters. The molecule has 5 nitrogen and oxygen atoms in total. The highest BCUT2D eigenvalue weighted by molar-refractivity contribution is 9.10. The van der Waals surface area contributed by atoms with Gasteiger partial charge >= 0.3 is 0 Å². The van der Waals surface area contributed by atoms with Crippen LogP contribution in [-0.2, 0) is 9.59 Å². The van der Waals surface area contributed by atoms with Crippen molar-refractivity contribution in [2.45, 2.75) is 6.92 Å². The van der Waals surface area contributed by atoms with E-state index in [4.69, 9.17) is 5.11 Å². The largest absolute Gasteiger partial charge is 0.395 e. The molecule has 1 heterocycles. The summed E-state index contributed by atoms with van der Waals surface area (Å²) in [5.74, 6) is -0.835. The molecule has 0 saturated heterocycles. The minimum absolute atomic E-state index is 0.00827. The molecule has 0 aromatic heterocycles. The van der Waals surface area contributed by atoms with E-state index in [1.807, 2.05) is 25.1 Å². The summed E-state index contributed by atoms with van der Waals surface area (Å²) in [4.78, 5) is 24.6. The zero-order chi connectivity index (χ0) is 14.0. The molecule has 1 aromatic carbocycles. The number of anilines is 1. The van der Waals surface area contributed by atoms with E-state index in [1.54, 1.807) is 0 Å². The number of hydrogen-bond donors (Lipinski definition) is 2. The zero-order valence-electron chi connectivity index (χ0n) is 10.3. The number of nitrogens with zero attached hydrogens (tertiary/aromatic N) is 1. The number of aliphatic hydroxyl groups excluding tert-OH is 1. The molecule has 0 radical (unpaired) electrons. The number of amides is 2. The summed E-state index contributed by atoms with van der Waals surface area (Å²) in [5.41, 5.74) is 1.97. The van der Waals surface area contributed by atoms with Crippen molar-refractivity contribution < 1.29 is 14.7 Å². The third-order valence-electron chi connectivity index (χ3n) is 2.72. The van der Waals surface area contributed by atoms with Crippen molar-refractivity contribution in [3.05, 3.63) is 40.0 Å². The molecule has 100 valence electrons. The Balaban J connectivity index is 2.20. The Kier molecular flexibility index (Phi) is 4.01. The van der Waals surface area contributed by atoms with Gasteiger partial charge in [0.1, 0.15) is 5.70 Å². The van der Waals surface area contributed by atoms with Gasteiger partial charge in [-0.25, -0.2) is 0 Å². The maximum atomic E-state index is 12.0. The molecule has 0 bridgehead atoms. The van der Waals surface area contributed by atoms with Gasteiger partial charge in [0, 0.05) is 10.5 Å². The van der Waals surface area contributed by atoms with E-state index in [0.29, 0.717) is 0 Å². The van der Waals surface area contributed by atoms with E-state index >= 15 is 0 Å². The fourth-order valence-corrected chi connectivity index (χ4v) is 2.14. The maximum absolute atomic E-state index is 12.0. The number of benzene rings is 1. The molecule has 1 aromatic rings. The predicted molar refractivity (Wildman–Crippen MR) is 74.4 cm³/mol. The van der Waals surface area contributed by atoms with Crippen LogP contribution in [0.25, 0.3) is 0 Å². The number of nitrogens with one attached hydrogen (secondary N) is 1. The third-order valence-corrected chi connectivity index (χ3v) is 3.42. The quantitative estimate of drug-likeness (QED) is 0.822. The Morgan fingerprint density at radius 1 is 1.37 bits per heavy atom. The van der Waals surface area contributed by atoms with Crippen LogP contribution in [-0.4, -0.2) is 35.0 Å². The van der Waals surface area contributed by atoms with Gasteiger partial charge in [0.25, 0.3) is 11.8 Å². The Morgan fingerprint density at radius 2 is 2.11 bits per heavy atom. The summed E-state index contributed by atoms with van der Waals surface area (Å²) in [6, 6.07) is 5.67. The second-order valence-electron chi connectivity index (χ2n) is 4.18. The second kappa shape index (κ2) is 5.54. The fourth-order valence-electron chi connectivity index (χ4n) is 1.79. The summed E-state index contributed by atoms with van der Waals surface area (Å²) in [6.07, 6.45) is 1.24. The van der Waals surface area contributed by atoms with Crippen LogP contribution in [0.2, 0.25) is 0 Å². The van der Waals surface area contributed by atoms with Crippen LogP contribution < -0.4 is 5.32 Å². The first-order chi connectivity index (χ1) is 9.02. The van der Waals surface area contributed by atoms with Gasteiger partial charge in [0.15, 0.2) is 0 Å². The minimum atomic E-state index is -0.424. The fraction of sp³-hybridized carbons (Fsp3) is 0.231. The molecule has 0 fully saturated rings. The topological polar surface area (TPSA) is 69.6 Å². The van der Waals surface area contributed by atoms with Gasteiger partial charge in [-0.05, 0) is 40.5 Å². The van der Waals surface area contributed by atoms with Crippen LogP contribution in [0.4, 0.5) is 5.69 Å². The maximum Gasteiger partial charge on any atom is 0.277 e. The van der Waals surface area contributed by atoms with E-state index < -0.39 is 11.8 Å². The van der Waals surface area contributed by atoms with Crippen molar-refractivity contribution >= 4 is 33.4 Å². The lowest BCUT2D eigenvalue weighted by atomic mass is 10.2. The van der Waals surface area contributed by atoms with Crippen LogP contribution in [0.15, 0.2) is 34.4 Å². The molecule has 6 heteroatoms. The Bertz CT molecular complexity index is 569. The highest BCUT2D eigenvalue weighted by Gasteiger charge is 2.30. The van der Waals surface area contributed by atoms with Gasteiger partial charge in [-0.3, -0.25) is 14.5 Å². The van der Waals surface area contributed by atoms with E-state index in [9.17, 15) is 9.59 Å². The number of aliphatic hydroxyl groups is 1. The van der Waals surface area contributed by atoms with Gasteiger partial charge < -0.3 is 10.4 Å². The molecule has 1 aliphatic heterocycles. The molecule has 2 rings (SSSR count). The van der Waals surface area contributed by atoms with Crippen molar-refractivity contribution in [3.63, 3.8) is 0 Å². The van der Waals surface area contributed by atoms with Gasteiger partial charge in [-0.2, -0.15) is 0 Å². The van der Waals surface area contributed by atoms with Crippen molar-refractivity contribution in [2.24, 2.45) is 0 Å². The SMILES string of the molecule is Cc1ccc(Br)c(NC2=CC(=O)N(CCO)C2=O)c1. The molecule has 19 heavy (non-hydrogen) atoms. The highest BCUT2D eigenvalue weighted by atomic mass is 79.9. The van der Waals surface area contributed by atoms with Crippen LogP contribution in [0.1, 0.15) is 5.56 Å². The lowest BCUT2D eigenvalue weighted by Gasteiger charge is -2.14. The van der Waals surface area contributed by atoms with Crippen molar-refractivity contribution in [1.29, 1.82) is 0 Å². The standard InChI is InChI=1S/C13H13BrN2O3/c1-8-2-3-9(14)10(6-8)15-11-7-12(18)16(4-5-17)13(11)19/h2-3,6-7,15,17H,4-5H2,1H3. The van der Waals surface area contributed by atoms with E-state index in [2.05, 4.69) is 21.2 Å². The molecule has 0 aliphatic carbocycles. The molecule has 0 atom stereocenters. The number of halogens is 1. The summed E-state index contributed by atoms with van der Waals surface area (Å²) >= 11 is 3.38. The van der Waals surface area contributed by atoms with E-state index in [-0.39, 0.29) is 18.8 Å². The minimum Gasteiger partial charge on any atom is -0.395 e. The summed E-state index contributed by atoms with van der Waals surface area (Å²) in [5, 5.41) is 11.8. The number of hydrogen-bond acceptors (Lipinski definition) is 4. The smallest absolute Gasteiger partial charge is 0.277 e. The first-order valence-electron chi connectivity index (χ1n) is 5.74. The lowest BCUT2D eigenvalue weighted by molar-refractivity contribution is -0.137. The van der Waals surface area contributed by atoms with Crippen LogP contribution in [0, 0.1) is 6.92 Å². The van der Waals surface area contributed by atoms with Crippen molar-refractivity contribution in [3.8, 4) is 0 Å². The average Bonchev–Trinajstić information content (AvgIpc) is 2.62. The third kappa shape index (κ3) is 2.85. The Labute approximate surface area is 119 Å². The summed E-state index contributed by atoms with van der Waals surface area (Å²) in [7, 11) is 0. The van der Waals surface area contributed by atoms with Gasteiger partial charge in [0.2, 0.25) is 0 Å². The lowest BCUT2D eigenvalue weighted by Crippen LogP contribution is -2.34. The molecule has 2 N–H and O–H groups in total. The second-order valence-corrected chi connectivity index (χ2v) is 5.04. The zero-order valence-corrected chi connectivity index (χ0v) is 11.9.